The van der Waals surface area contributed by atoms with Gasteiger partial charge in [0.1, 0.15) is 17.7 Å². The number of hydrogen-bond donors (Lipinski definition) is 0. The maximum Gasteiger partial charge on any atom is 0.280 e. The van der Waals surface area contributed by atoms with Gasteiger partial charge in [-0.05, 0) is 67.4 Å². The number of thiazole rings is 1. The Bertz CT molecular complexity index is 1650. The Balaban J connectivity index is 1.61. The summed E-state index contributed by atoms with van der Waals surface area (Å²) in [5.74, 6) is -0.823. The van der Waals surface area contributed by atoms with Crippen molar-refractivity contribution in [3.05, 3.63) is 105 Å². The third kappa shape index (κ3) is 3.99. The van der Waals surface area contributed by atoms with Gasteiger partial charge in [-0.1, -0.05) is 29.5 Å². The lowest BCUT2D eigenvalue weighted by Gasteiger charge is -2.14. The lowest BCUT2D eigenvalue weighted by molar-refractivity contribution is 0.0987. The normalized spacial score (nSPS) is 11.5. The molecule has 0 radical (unpaired) electrons. The third-order valence-electron chi connectivity index (χ3n) is 5.49. The zero-order valence-corrected chi connectivity index (χ0v) is 19.1. The summed E-state index contributed by atoms with van der Waals surface area (Å²) in [5.41, 5.74) is 3.34. The van der Waals surface area contributed by atoms with Gasteiger partial charge in [0.05, 0.1) is 27.4 Å². The molecule has 0 aliphatic heterocycles. The molecule has 3 aromatic carbocycles. The van der Waals surface area contributed by atoms with E-state index in [0.717, 1.165) is 27.5 Å². The van der Waals surface area contributed by atoms with Gasteiger partial charge in [-0.15, -0.1) is 0 Å². The molecule has 0 saturated heterocycles. The maximum atomic E-state index is 13.7. The molecular formula is C26H18FN3O3S. The van der Waals surface area contributed by atoms with E-state index >= 15 is 0 Å². The molecule has 8 heteroatoms. The monoisotopic (exact) mass is 471 g/mol. The second kappa shape index (κ2) is 8.64. The molecule has 168 valence electrons. The molecule has 0 saturated carbocycles. The van der Waals surface area contributed by atoms with Crippen LogP contribution in [0.15, 0.2) is 81.2 Å². The van der Waals surface area contributed by atoms with Crippen molar-refractivity contribution in [2.45, 2.75) is 13.8 Å². The molecule has 6 nitrogen and oxygen atoms in total. The SMILES string of the molecule is Cc1ccc(C(=O)N(/N=C/c2coc3ccccc3c2=O)c2nc3ccc(F)cc3s2)cc1C. The van der Waals surface area contributed by atoms with Gasteiger partial charge in [-0.2, -0.15) is 10.1 Å². The van der Waals surface area contributed by atoms with E-state index in [4.69, 9.17) is 4.42 Å². The minimum absolute atomic E-state index is 0.184. The highest BCUT2D eigenvalue weighted by atomic mass is 32.1. The molecule has 5 rings (SSSR count). The number of nitrogens with zero attached hydrogens (tertiary/aromatic N) is 3. The molecule has 5 aromatic rings. The fourth-order valence-corrected chi connectivity index (χ4v) is 4.41. The maximum absolute atomic E-state index is 13.7. The molecule has 0 spiro atoms. The number of hydrazone groups is 1. The number of para-hydroxylation sites is 1. The van der Waals surface area contributed by atoms with Crippen molar-refractivity contribution >= 4 is 49.8 Å². The molecule has 0 atom stereocenters. The van der Waals surface area contributed by atoms with Gasteiger partial charge < -0.3 is 4.42 Å². The van der Waals surface area contributed by atoms with E-state index in [2.05, 4.69) is 10.1 Å². The number of halogens is 1. The first kappa shape index (κ1) is 21.7. The molecule has 2 aromatic heterocycles. The number of fused-ring (bicyclic) bond motifs is 2. The fraction of sp³-hybridized carbons (Fsp3) is 0.0769. The number of amides is 1. The summed E-state index contributed by atoms with van der Waals surface area (Å²) in [6.07, 6.45) is 2.59. The van der Waals surface area contributed by atoms with Crippen LogP contribution in [0.2, 0.25) is 0 Å². The Kier molecular flexibility index (Phi) is 5.51. The summed E-state index contributed by atoms with van der Waals surface area (Å²) < 4.78 is 19.8. The molecule has 34 heavy (non-hydrogen) atoms. The van der Waals surface area contributed by atoms with Crippen LogP contribution in [-0.4, -0.2) is 17.1 Å². The number of benzene rings is 3. The van der Waals surface area contributed by atoms with Crippen molar-refractivity contribution < 1.29 is 13.6 Å². The largest absolute Gasteiger partial charge is 0.463 e. The molecule has 0 aliphatic carbocycles. The summed E-state index contributed by atoms with van der Waals surface area (Å²) in [6, 6.07) is 16.5. The van der Waals surface area contributed by atoms with Crippen LogP contribution in [0.4, 0.5) is 9.52 Å². The standard InChI is InChI=1S/C26H18FN3O3S/c1-15-7-8-17(11-16(15)2)25(32)30(26-29-21-10-9-19(27)12-23(21)34-26)28-13-18-14-33-22-6-4-3-5-20(22)24(18)31/h3-14H,1-2H3/b28-13+. The van der Waals surface area contributed by atoms with Crippen LogP contribution < -0.4 is 10.4 Å². The van der Waals surface area contributed by atoms with Crippen LogP contribution in [0.25, 0.3) is 21.2 Å². The molecule has 0 fully saturated rings. The van der Waals surface area contributed by atoms with Crippen molar-refractivity contribution in [1.29, 1.82) is 0 Å². The average molecular weight is 472 g/mol. The number of aromatic nitrogens is 1. The second-order valence-corrected chi connectivity index (χ2v) is 8.79. The minimum Gasteiger partial charge on any atom is -0.463 e. The van der Waals surface area contributed by atoms with E-state index in [9.17, 15) is 14.0 Å². The number of anilines is 1. The summed E-state index contributed by atoms with van der Waals surface area (Å²) in [7, 11) is 0. The van der Waals surface area contributed by atoms with Gasteiger partial charge in [-0.3, -0.25) is 9.59 Å². The van der Waals surface area contributed by atoms with Crippen molar-refractivity contribution in [2.24, 2.45) is 5.10 Å². The van der Waals surface area contributed by atoms with Gasteiger partial charge in [0, 0.05) is 5.56 Å². The van der Waals surface area contributed by atoms with Crippen LogP contribution >= 0.6 is 11.3 Å². The Morgan fingerprint density at radius 3 is 2.74 bits per heavy atom. The predicted molar refractivity (Wildman–Crippen MR) is 132 cm³/mol. The van der Waals surface area contributed by atoms with Crippen molar-refractivity contribution in [3.8, 4) is 0 Å². The van der Waals surface area contributed by atoms with E-state index < -0.39 is 11.7 Å². The van der Waals surface area contributed by atoms with E-state index in [0.29, 0.717) is 26.7 Å². The van der Waals surface area contributed by atoms with Crippen LogP contribution in [0, 0.1) is 19.7 Å². The highest BCUT2D eigenvalue weighted by Gasteiger charge is 2.22. The number of hydrogen-bond acceptors (Lipinski definition) is 6. The zero-order chi connectivity index (χ0) is 23.8. The van der Waals surface area contributed by atoms with E-state index in [1.165, 1.54) is 24.6 Å². The summed E-state index contributed by atoms with van der Waals surface area (Å²) >= 11 is 1.13. The predicted octanol–water partition coefficient (Wildman–Crippen LogP) is 5.84. The van der Waals surface area contributed by atoms with Gasteiger partial charge in [0.25, 0.3) is 5.91 Å². The number of rotatable bonds is 4. The second-order valence-electron chi connectivity index (χ2n) is 7.79. The van der Waals surface area contributed by atoms with Gasteiger partial charge in [0.2, 0.25) is 10.6 Å². The Morgan fingerprint density at radius 1 is 1.09 bits per heavy atom. The van der Waals surface area contributed by atoms with E-state index in [1.54, 1.807) is 42.5 Å². The van der Waals surface area contributed by atoms with Gasteiger partial charge in [-0.25, -0.2) is 9.37 Å². The molecule has 0 aliphatic rings. The van der Waals surface area contributed by atoms with E-state index in [-0.39, 0.29) is 16.1 Å². The minimum atomic E-state index is -0.427. The summed E-state index contributed by atoms with van der Waals surface area (Å²) in [4.78, 5) is 30.8. The molecule has 0 unspecified atom stereocenters. The molecule has 2 heterocycles. The van der Waals surface area contributed by atoms with Gasteiger partial charge in [0.15, 0.2) is 0 Å². The zero-order valence-electron chi connectivity index (χ0n) is 18.3. The molecular weight excluding hydrogens is 453 g/mol. The summed E-state index contributed by atoms with van der Waals surface area (Å²) in [6.45, 7) is 3.88. The third-order valence-corrected chi connectivity index (χ3v) is 6.48. The van der Waals surface area contributed by atoms with Crippen molar-refractivity contribution in [2.75, 3.05) is 5.01 Å². The smallest absolute Gasteiger partial charge is 0.280 e. The van der Waals surface area contributed by atoms with E-state index in [1.807, 2.05) is 19.9 Å². The van der Waals surface area contributed by atoms with Crippen LogP contribution in [0.1, 0.15) is 27.0 Å². The fourth-order valence-electron chi connectivity index (χ4n) is 3.46. The Labute approximate surface area is 197 Å². The first-order valence-electron chi connectivity index (χ1n) is 10.4. The molecule has 1 amide bonds. The van der Waals surface area contributed by atoms with Gasteiger partial charge >= 0.3 is 0 Å². The molecule has 0 bridgehead atoms. The highest BCUT2D eigenvalue weighted by Crippen LogP contribution is 2.30. The number of aryl methyl sites for hydroxylation is 2. The van der Waals surface area contributed by atoms with Crippen molar-refractivity contribution in [3.63, 3.8) is 0 Å². The number of carbonyl (C=O) groups excluding carboxylic acids is 1. The Hall–Kier alpha value is -4.17. The highest BCUT2D eigenvalue weighted by molar-refractivity contribution is 7.22. The first-order chi connectivity index (χ1) is 16.4. The number of carbonyl (C=O) groups is 1. The lowest BCUT2D eigenvalue weighted by atomic mass is 10.1. The van der Waals surface area contributed by atoms with Crippen LogP contribution in [-0.2, 0) is 0 Å². The summed E-state index contributed by atoms with van der Waals surface area (Å²) in [5, 5.41) is 6.12. The topological polar surface area (TPSA) is 75.8 Å². The van der Waals surface area contributed by atoms with Crippen LogP contribution in [0.3, 0.4) is 0 Å². The quantitative estimate of drug-likeness (QED) is 0.244. The molecule has 0 N–H and O–H groups in total. The van der Waals surface area contributed by atoms with Crippen molar-refractivity contribution in [1.82, 2.24) is 4.98 Å². The van der Waals surface area contributed by atoms with Crippen LogP contribution in [0.5, 0.6) is 0 Å². The Morgan fingerprint density at radius 2 is 1.91 bits per heavy atom. The first-order valence-corrected chi connectivity index (χ1v) is 11.2. The average Bonchev–Trinajstić information content (AvgIpc) is 3.25. The lowest BCUT2D eigenvalue weighted by Crippen LogP contribution is -2.26.